The van der Waals surface area contributed by atoms with Crippen LogP contribution in [-0.2, 0) is 10.2 Å². The fourth-order valence-corrected chi connectivity index (χ4v) is 2.55. The average molecular weight is 262 g/mol. The molecule has 1 saturated heterocycles. The molecule has 2 rings (SSSR count). The van der Waals surface area contributed by atoms with Gasteiger partial charge in [0.05, 0.1) is 19.3 Å². The minimum Gasteiger partial charge on any atom is -0.377 e. The molecule has 106 valence electrons. The number of benzene rings is 1. The van der Waals surface area contributed by atoms with Crippen molar-refractivity contribution in [2.24, 2.45) is 0 Å². The van der Waals surface area contributed by atoms with Crippen LogP contribution in [0.5, 0.6) is 0 Å². The molecule has 3 heteroatoms. The molecule has 19 heavy (non-hydrogen) atoms. The van der Waals surface area contributed by atoms with Gasteiger partial charge >= 0.3 is 0 Å². The second-order valence-electron chi connectivity index (χ2n) is 6.28. The molecule has 1 aliphatic rings. The standard InChI is InChI=1S/C16H26N2O/c1-16(2,3)13-5-7-14(8-6-13)18-9-10-19-12-15(18)11-17-4/h5-8,15,17H,9-12H2,1-4H3. The van der Waals surface area contributed by atoms with Gasteiger partial charge in [-0.15, -0.1) is 0 Å². The molecule has 1 fully saturated rings. The van der Waals surface area contributed by atoms with Gasteiger partial charge in [-0.3, -0.25) is 0 Å². The highest BCUT2D eigenvalue weighted by molar-refractivity contribution is 5.50. The third-order valence-electron chi connectivity index (χ3n) is 3.73. The van der Waals surface area contributed by atoms with Gasteiger partial charge in [0.1, 0.15) is 0 Å². The van der Waals surface area contributed by atoms with Crippen LogP contribution >= 0.6 is 0 Å². The SMILES string of the molecule is CNCC1COCCN1c1ccc(C(C)(C)C)cc1. The predicted molar refractivity (Wildman–Crippen MR) is 81.0 cm³/mol. The van der Waals surface area contributed by atoms with Crippen LogP contribution in [-0.4, -0.2) is 39.4 Å². The molecule has 0 aliphatic carbocycles. The molecule has 0 aromatic heterocycles. The van der Waals surface area contributed by atoms with E-state index in [1.807, 2.05) is 7.05 Å². The fourth-order valence-electron chi connectivity index (χ4n) is 2.55. The Morgan fingerprint density at radius 1 is 1.26 bits per heavy atom. The highest BCUT2D eigenvalue weighted by atomic mass is 16.5. The third-order valence-corrected chi connectivity index (χ3v) is 3.73. The van der Waals surface area contributed by atoms with Crippen LogP contribution in [0.15, 0.2) is 24.3 Å². The van der Waals surface area contributed by atoms with Crippen LogP contribution in [0, 0.1) is 0 Å². The van der Waals surface area contributed by atoms with Crippen molar-refractivity contribution < 1.29 is 4.74 Å². The summed E-state index contributed by atoms with van der Waals surface area (Å²) in [6, 6.07) is 9.42. The van der Waals surface area contributed by atoms with E-state index in [9.17, 15) is 0 Å². The number of anilines is 1. The predicted octanol–water partition coefficient (Wildman–Crippen LogP) is 2.41. The van der Waals surface area contributed by atoms with Crippen molar-refractivity contribution in [3.8, 4) is 0 Å². The van der Waals surface area contributed by atoms with Gasteiger partial charge in [0.15, 0.2) is 0 Å². The van der Waals surface area contributed by atoms with Gasteiger partial charge in [-0.05, 0) is 30.2 Å². The van der Waals surface area contributed by atoms with Crippen molar-refractivity contribution in [3.63, 3.8) is 0 Å². The molecule has 0 amide bonds. The monoisotopic (exact) mass is 262 g/mol. The summed E-state index contributed by atoms with van der Waals surface area (Å²) in [6.45, 7) is 10.3. The van der Waals surface area contributed by atoms with E-state index in [-0.39, 0.29) is 5.41 Å². The molecule has 1 unspecified atom stereocenters. The molecule has 1 aromatic carbocycles. The smallest absolute Gasteiger partial charge is 0.0683 e. The molecule has 1 aromatic rings. The molecule has 0 radical (unpaired) electrons. The minimum absolute atomic E-state index is 0.216. The molecular weight excluding hydrogens is 236 g/mol. The topological polar surface area (TPSA) is 24.5 Å². The summed E-state index contributed by atoms with van der Waals surface area (Å²) in [5, 5.41) is 3.25. The van der Waals surface area contributed by atoms with Gasteiger partial charge in [-0.25, -0.2) is 0 Å². The Bertz CT molecular complexity index is 392. The minimum atomic E-state index is 0.216. The van der Waals surface area contributed by atoms with Gasteiger partial charge in [0, 0.05) is 18.8 Å². The van der Waals surface area contributed by atoms with Crippen molar-refractivity contribution in [3.05, 3.63) is 29.8 Å². The maximum Gasteiger partial charge on any atom is 0.0683 e. The van der Waals surface area contributed by atoms with Crippen molar-refractivity contribution in [1.82, 2.24) is 5.32 Å². The highest BCUT2D eigenvalue weighted by Gasteiger charge is 2.23. The van der Waals surface area contributed by atoms with Crippen LogP contribution in [0.4, 0.5) is 5.69 Å². The molecule has 1 N–H and O–H groups in total. The Hall–Kier alpha value is -1.06. The van der Waals surface area contributed by atoms with Crippen molar-refractivity contribution >= 4 is 5.69 Å². The van der Waals surface area contributed by atoms with Gasteiger partial charge in [0.2, 0.25) is 0 Å². The Labute approximate surface area is 116 Å². The lowest BCUT2D eigenvalue weighted by atomic mass is 9.87. The van der Waals surface area contributed by atoms with E-state index < -0.39 is 0 Å². The van der Waals surface area contributed by atoms with Crippen LogP contribution < -0.4 is 10.2 Å². The number of likely N-dealkylation sites (N-methyl/N-ethyl adjacent to an activating group) is 1. The molecule has 0 saturated carbocycles. The molecule has 1 heterocycles. The Morgan fingerprint density at radius 2 is 1.95 bits per heavy atom. The van der Waals surface area contributed by atoms with Crippen molar-refractivity contribution in [1.29, 1.82) is 0 Å². The summed E-state index contributed by atoms with van der Waals surface area (Å²) in [7, 11) is 2.00. The van der Waals surface area contributed by atoms with Gasteiger partial charge in [-0.1, -0.05) is 32.9 Å². The Kier molecular flexibility index (Phi) is 4.48. The Balaban J connectivity index is 2.15. The maximum absolute atomic E-state index is 5.58. The van der Waals surface area contributed by atoms with Gasteiger partial charge in [0.25, 0.3) is 0 Å². The first-order chi connectivity index (χ1) is 9.02. The first-order valence-electron chi connectivity index (χ1n) is 7.12. The summed E-state index contributed by atoms with van der Waals surface area (Å²) in [5.74, 6) is 0. The van der Waals surface area contributed by atoms with E-state index in [2.05, 4.69) is 55.3 Å². The summed E-state index contributed by atoms with van der Waals surface area (Å²) >= 11 is 0. The summed E-state index contributed by atoms with van der Waals surface area (Å²) in [6.07, 6.45) is 0. The number of hydrogen-bond donors (Lipinski definition) is 1. The lowest BCUT2D eigenvalue weighted by Gasteiger charge is -2.37. The van der Waals surface area contributed by atoms with Crippen molar-refractivity contribution in [2.45, 2.75) is 32.2 Å². The summed E-state index contributed by atoms with van der Waals surface area (Å²) < 4.78 is 5.58. The zero-order valence-corrected chi connectivity index (χ0v) is 12.6. The normalized spacial score (nSPS) is 20.6. The number of nitrogens with zero attached hydrogens (tertiary/aromatic N) is 1. The fraction of sp³-hybridized carbons (Fsp3) is 0.625. The largest absolute Gasteiger partial charge is 0.377 e. The molecule has 0 bridgehead atoms. The number of ether oxygens (including phenoxy) is 1. The van der Waals surface area contributed by atoms with E-state index in [4.69, 9.17) is 4.74 Å². The van der Waals surface area contributed by atoms with Crippen molar-refractivity contribution in [2.75, 3.05) is 38.3 Å². The molecular formula is C16H26N2O. The lowest BCUT2D eigenvalue weighted by Crippen LogP contribution is -2.50. The molecule has 0 spiro atoms. The maximum atomic E-state index is 5.58. The van der Waals surface area contributed by atoms with E-state index in [1.165, 1.54) is 11.3 Å². The third kappa shape index (κ3) is 3.48. The summed E-state index contributed by atoms with van der Waals surface area (Å²) in [5.41, 5.74) is 2.90. The summed E-state index contributed by atoms with van der Waals surface area (Å²) in [4.78, 5) is 2.45. The number of morpholine rings is 1. The first-order valence-corrected chi connectivity index (χ1v) is 7.12. The molecule has 3 nitrogen and oxygen atoms in total. The van der Waals surface area contributed by atoms with E-state index >= 15 is 0 Å². The quantitative estimate of drug-likeness (QED) is 0.905. The average Bonchev–Trinajstić information content (AvgIpc) is 2.39. The van der Waals surface area contributed by atoms with Crippen LogP contribution in [0.2, 0.25) is 0 Å². The molecule has 1 atom stereocenters. The zero-order chi connectivity index (χ0) is 13.9. The number of rotatable bonds is 3. The van der Waals surface area contributed by atoms with Gasteiger partial charge in [-0.2, -0.15) is 0 Å². The second kappa shape index (κ2) is 5.93. The van der Waals surface area contributed by atoms with E-state index in [0.29, 0.717) is 6.04 Å². The van der Waals surface area contributed by atoms with Crippen LogP contribution in [0.25, 0.3) is 0 Å². The van der Waals surface area contributed by atoms with E-state index in [0.717, 1.165) is 26.3 Å². The number of nitrogens with one attached hydrogen (secondary N) is 1. The first kappa shape index (κ1) is 14.4. The van der Waals surface area contributed by atoms with E-state index in [1.54, 1.807) is 0 Å². The highest BCUT2D eigenvalue weighted by Crippen LogP contribution is 2.26. The van der Waals surface area contributed by atoms with Crippen LogP contribution in [0.3, 0.4) is 0 Å². The Morgan fingerprint density at radius 3 is 2.53 bits per heavy atom. The number of hydrogen-bond acceptors (Lipinski definition) is 3. The zero-order valence-electron chi connectivity index (χ0n) is 12.6. The second-order valence-corrected chi connectivity index (χ2v) is 6.28. The lowest BCUT2D eigenvalue weighted by molar-refractivity contribution is 0.0943. The van der Waals surface area contributed by atoms with Crippen LogP contribution in [0.1, 0.15) is 26.3 Å². The molecule has 1 aliphatic heterocycles. The van der Waals surface area contributed by atoms with Gasteiger partial charge < -0.3 is 15.0 Å².